The minimum Gasteiger partial charge on any atom is -0.493 e. The summed E-state index contributed by atoms with van der Waals surface area (Å²) in [7, 11) is 0. The molecule has 0 saturated carbocycles. The standard InChI is InChI=1S/C18H25N3OS/c1-5-22-16-7-6-15-17-14(16)11-20(9-8-12(2)3)13(4)10-21(17)18(23)19-15/h6-8,13H,5,9-11H2,1-4H3,(H,19,23). The molecule has 0 saturated heterocycles. The number of rotatable bonds is 4. The molecule has 23 heavy (non-hydrogen) atoms. The summed E-state index contributed by atoms with van der Waals surface area (Å²) < 4.78 is 8.92. The Bertz CT molecular complexity index is 798. The highest BCUT2D eigenvalue weighted by Crippen LogP contribution is 2.32. The van der Waals surface area contributed by atoms with Crippen molar-refractivity contribution in [1.82, 2.24) is 14.5 Å². The number of aromatic amines is 1. The van der Waals surface area contributed by atoms with Crippen LogP contribution >= 0.6 is 12.2 Å². The maximum Gasteiger partial charge on any atom is 0.178 e. The van der Waals surface area contributed by atoms with E-state index in [2.05, 4.69) is 53.4 Å². The Morgan fingerprint density at radius 3 is 2.91 bits per heavy atom. The first-order valence-corrected chi connectivity index (χ1v) is 8.66. The van der Waals surface area contributed by atoms with E-state index in [1.807, 2.05) is 6.92 Å². The number of nitrogens with zero attached hydrogens (tertiary/aromatic N) is 2. The van der Waals surface area contributed by atoms with Gasteiger partial charge in [0.2, 0.25) is 0 Å². The molecule has 124 valence electrons. The predicted octanol–water partition coefficient (Wildman–Crippen LogP) is 4.27. The number of hydrogen-bond donors (Lipinski definition) is 1. The zero-order valence-electron chi connectivity index (χ0n) is 14.3. The molecule has 1 N–H and O–H groups in total. The first kappa shape index (κ1) is 16.3. The van der Waals surface area contributed by atoms with Crippen molar-refractivity contribution in [2.24, 2.45) is 0 Å². The fraction of sp³-hybridized carbons (Fsp3) is 0.500. The van der Waals surface area contributed by atoms with Gasteiger partial charge in [-0.15, -0.1) is 0 Å². The Morgan fingerprint density at radius 2 is 2.22 bits per heavy atom. The number of H-pyrrole nitrogens is 1. The third-order valence-electron chi connectivity index (χ3n) is 4.46. The molecular weight excluding hydrogens is 306 g/mol. The van der Waals surface area contributed by atoms with Crippen molar-refractivity contribution in [2.75, 3.05) is 13.2 Å². The molecule has 2 aromatic rings. The summed E-state index contributed by atoms with van der Waals surface area (Å²) in [6, 6.07) is 4.55. The molecule has 5 heteroatoms. The van der Waals surface area contributed by atoms with Crippen LogP contribution in [0.3, 0.4) is 0 Å². The largest absolute Gasteiger partial charge is 0.493 e. The monoisotopic (exact) mass is 331 g/mol. The van der Waals surface area contributed by atoms with Crippen LogP contribution < -0.4 is 4.74 Å². The van der Waals surface area contributed by atoms with Gasteiger partial charge in [0.1, 0.15) is 5.75 Å². The van der Waals surface area contributed by atoms with Gasteiger partial charge < -0.3 is 14.3 Å². The molecule has 1 aromatic carbocycles. The normalized spacial score (nSPS) is 18.0. The molecule has 1 aliphatic heterocycles. The highest BCUT2D eigenvalue weighted by molar-refractivity contribution is 7.71. The van der Waals surface area contributed by atoms with E-state index in [4.69, 9.17) is 17.0 Å². The Morgan fingerprint density at radius 1 is 1.43 bits per heavy atom. The summed E-state index contributed by atoms with van der Waals surface area (Å²) in [5.74, 6) is 0.971. The van der Waals surface area contributed by atoms with Crippen molar-refractivity contribution in [3.63, 3.8) is 0 Å². The summed E-state index contributed by atoms with van der Waals surface area (Å²) in [4.78, 5) is 5.83. The number of nitrogens with one attached hydrogen (secondary N) is 1. The molecule has 1 atom stereocenters. The molecule has 0 bridgehead atoms. The lowest BCUT2D eigenvalue weighted by atomic mass is 10.1. The summed E-state index contributed by atoms with van der Waals surface area (Å²) in [5, 5.41) is 0. The number of imidazole rings is 1. The maximum absolute atomic E-state index is 5.90. The average Bonchev–Trinajstić information content (AvgIpc) is 2.72. The van der Waals surface area contributed by atoms with Crippen molar-refractivity contribution in [1.29, 1.82) is 0 Å². The molecule has 2 heterocycles. The minimum atomic E-state index is 0.415. The van der Waals surface area contributed by atoms with Crippen molar-refractivity contribution in [3.05, 3.63) is 34.1 Å². The first-order chi connectivity index (χ1) is 11.0. The average molecular weight is 331 g/mol. The maximum atomic E-state index is 5.90. The highest BCUT2D eigenvalue weighted by Gasteiger charge is 2.25. The first-order valence-electron chi connectivity index (χ1n) is 8.25. The van der Waals surface area contributed by atoms with Crippen molar-refractivity contribution < 1.29 is 4.74 Å². The number of ether oxygens (including phenoxy) is 1. The van der Waals surface area contributed by atoms with Crippen LogP contribution in [0.2, 0.25) is 0 Å². The zero-order chi connectivity index (χ0) is 16.6. The van der Waals surface area contributed by atoms with E-state index in [9.17, 15) is 0 Å². The van der Waals surface area contributed by atoms with Gasteiger partial charge in [0.05, 0.1) is 17.6 Å². The molecule has 1 aliphatic rings. The smallest absolute Gasteiger partial charge is 0.178 e. The predicted molar refractivity (Wildman–Crippen MR) is 97.6 cm³/mol. The number of aromatic nitrogens is 2. The second-order valence-corrected chi connectivity index (χ2v) is 6.86. The summed E-state index contributed by atoms with van der Waals surface area (Å²) in [6.45, 7) is 12.0. The Hall–Kier alpha value is -1.59. The topological polar surface area (TPSA) is 33.2 Å². The molecule has 0 amide bonds. The fourth-order valence-electron chi connectivity index (χ4n) is 3.21. The second kappa shape index (κ2) is 6.49. The minimum absolute atomic E-state index is 0.415. The number of allylic oxidation sites excluding steroid dienone is 1. The van der Waals surface area contributed by atoms with Crippen LogP contribution in [0.5, 0.6) is 5.75 Å². The molecule has 0 spiro atoms. The van der Waals surface area contributed by atoms with E-state index in [0.717, 1.165) is 35.7 Å². The highest BCUT2D eigenvalue weighted by atomic mass is 32.1. The lowest BCUT2D eigenvalue weighted by Gasteiger charge is -2.26. The van der Waals surface area contributed by atoms with E-state index in [1.54, 1.807) is 0 Å². The molecule has 1 unspecified atom stereocenters. The molecule has 3 rings (SSSR count). The summed E-state index contributed by atoms with van der Waals surface area (Å²) in [6.07, 6.45) is 2.29. The number of hydrogen-bond acceptors (Lipinski definition) is 3. The Labute approximate surface area is 142 Å². The van der Waals surface area contributed by atoms with Crippen molar-refractivity contribution in [2.45, 2.75) is 46.8 Å². The van der Waals surface area contributed by atoms with Crippen LogP contribution in [-0.4, -0.2) is 33.6 Å². The van der Waals surface area contributed by atoms with Crippen LogP contribution in [0.4, 0.5) is 0 Å². The lowest BCUT2D eigenvalue weighted by Crippen LogP contribution is -2.34. The van der Waals surface area contributed by atoms with Crippen molar-refractivity contribution >= 4 is 23.3 Å². The van der Waals surface area contributed by atoms with Crippen LogP contribution in [-0.2, 0) is 13.1 Å². The molecule has 0 fully saturated rings. The molecule has 1 aromatic heterocycles. The molecule has 4 nitrogen and oxygen atoms in total. The van der Waals surface area contributed by atoms with Gasteiger partial charge in [0, 0.05) is 31.2 Å². The third kappa shape index (κ3) is 3.08. The van der Waals surface area contributed by atoms with E-state index in [0.29, 0.717) is 12.6 Å². The van der Waals surface area contributed by atoms with Gasteiger partial charge in [-0.2, -0.15) is 0 Å². The van der Waals surface area contributed by atoms with Crippen LogP contribution in [0.15, 0.2) is 23.8 Å². The SMILES string of the molecule is CCOc1ccc2[nH]c(=S)n3c2c1CN(CC=C(C)C)C(C)C3. The van der Waals surface area contributed by atoms with Gasteiger partial charge in [0.25, 0.3) is 0 Å². The molecule has 0 aliphatic carbocycles. The van der Waals surface area contributed by atoms with Crippen molar-refractivity contribution in [3.8, 4) is 5.75 Å². The van der Waals surface area contributed by atoms with Crippen LogP contribution in [0, 0.1) is 4.77 Å². The van der Waals surface area contributed by atoms with Crippen LogP contribution in [0.1, 0.15) is 33.3 Å². The Kier molecular flexibility index (Phi) is 4.60. The van der Waals surface area contributed by atoms with E-state index in [-0.39, 0.29) is 0 Å². The Balaban J connectivity index is 2.12. The third-order valence-corrected chi connectivity index (χ3v) is 4.78. The van der Waals surface area contributed by atoms with E-state index >= 15 is 0 Å². The van der Waals surface area contributed by atoms with E-state index in [1.165, 1.54) is 16.7 Å². The van der Waals surface area contributed by atoms with Crippen LogP contribution in [0.25, 0.3) is 11.0 Å². The van der Waals surface area contributed by atoms with Gasteiger partial charge in [-0.3, -0.25) is 4.90 Å². The van der Waals surface area contributed by atoms with Gasteiger partial charge in [-0.1, -0.05) is 11.6 Å². The van der Waals surface area contributed by atoms with E-state index < -0.39 is 0 Å². The zero-order valence-corrected chi connectivity index (χ0v) is 15.2. The summed E-state index contributed by atoms with van der Waals surface area (Å²) in [5.41, 5.74) is 4.89. The number of benzene rings is 1. The fourth-order valence-corrected chi connectivity index (χ4v) is 3.49. The second-order valence-electron chi connectivity index (χ2n) is 6.47. The lowest BCUT2D eigenvalue weighted by molar-refractivity contribution is 0.207. The van der Waals surface area contributed by atoms with Gasteiger partial charge in [-0.25, -0.2) is 0 Å². The van der Waals surface area contributed by atoms with Gasteiger partial charge in [-0.05, 0) is 52.0 Å². The quantitative estimate of drug-likeness (QED) is 0.671. The van der Waals surface area contributed by atoms with Gasteiger partial charge >= 0.3 is 0 Å². The summed E-state index contributed by atoms with van der Waals surface area (Å²) >= 11 is 5.55. The molecule has 0 radical (unpaired) electrons. The van der Waals surface area contributed by atoms with Gasteiger partial charge in [0.15, 0.2) is 4.77 Å². The molecular formula is C18H25N3OS.